The van der Waals surface area contributed by atoms with E-state index in [9.17, 15) is 22.4 Å². The van der Waals surface area contributed by atoms with Gasteiger partial charge in [0.2, 0.25) is 0 Å². The van der Waals surface area contributed by atoms with Gasteiger partial charge >= 0.3 is 6.18 Å². The standard InChI is InChI=1S/C12H14F4N2O2/c1-6(19)10(17)5-18-11(20)8-4-7(12(14,15)16)2-3-9(8)13/h2-4,6,10,19H,5,17H2,1H3,(H,18,20). The Morgan fingerprint density at radius 2 is 2.05 bits per heavy atom. The zero-order valence-electron chi connectivity index (χ0n) is 10.5. The van der Waals surface area contributed by atoms with Gasteiger partial charge in [0.1, 0.15) is 5.82 Å². The highest BCUT2D eigenvalue weighted by molar-refractivity contribution is 5.94. The number of halogens is 4. The zero-order chi connectivity index (χ0) is 15.5. The molecule has 2 atom stereocenters. The second kappa shape index (κ2) is 6.19. The van der Waals surface area contributed by atoms with Crippen molar-refractivity contribution in [3.63, 3.8) is 0 Å². The van der Waals surface area contributed by atoms with Crippen molar-refractivity contribution in [1.82, 2.24) is 5.32 Å². The molecule has 1 aromatic rings. The predicted octanol–water partition coefficient (Wildman–Crippen LogP) is 1.28. The number of carbonyl (C=O) groups excluding carboxylic acids is 1. The van der Waals surface area contributed by atoms with Crippen LogP contribution in [-0.4, -0.2) is 29.7 Å². The minimum absolute atomic E-state index is 0.188. The number of hydrogen-bond acceptors (Lipinski definition) is 3. The average molecular weight is 294 g/mol. The molecule has 8 heteroatoms. The third kappa shape index (κ3) is 4.17. The lowest BCUT2D eigenvalue weighted by Gasteiger charge is -2.16. The zero-order valence-corrected chi connectivity index (χ0v) is 10.5. The summed E-state index contributed by atoms with van der Waals surface area (Å²) in [6, 6.07) is 0.756. The summed E-state index contributed by atoms with van der Waals surface area (Å²) in [4.78, 5) is 11.6. The molecule has 1 amide bonds. The summed E-state index contributed by atoms with van der Waals surface area (Å²) >= 11 is 0. The van der Waals surface area contributed by atoms with E-state index in [-0.39, 0.29) is 6.54 Å². The minimum atomic E-state index is -4.67. The fourth-order valence-corrected chi connectivity index (χ4v) is 1.35. The van der Waals surface area contributed by atoms with Gasteiger partial charge in [0.15, 0.2) is 0 Å². The van der Waals surface area contributed by atoms with Crippen molar-refractivity contribution in [3.05, 3.63) is 35.1 Å². The fraction of sp³-hybridized carbons (Fsp3) is 0.417. The molecule has 0 aliphatic rings. The van der Waals surface area contributed by atoms with Gasteiger partial charge in [-0.05, 0) is 25.1 Å². The van der Waals surface area contributed by atoms with E-state index in [2.05, 4.69) is 5.32 Å². The van der Waals surface area contributed by atoms with E-state index in [1.807, 2.05) is 0 Å². The maximum absolute atomic E-state index is 13.4. The summed E-state index contributed by atoms with van der Waals surface area (Å²) in [6.45, 7) is 1.20. The number of carbonyl (C=O) groups is 1. The second-order valence-corrected chi connectivity index (χ2v) is 4.31. The van der Waals surface area contributed by atoms with Gasteiger partial charge in [-0.15, -0.1) is 0 Å². The van der Waals surface area contributed by atoms with Crippen LogP contribution in [0.15, 0.2) is 18.2 Å². The molecule has 4 N–H and O–H groups in total. The number of benzene rings is 1. The molecule has 0 radical (unpaired) electrons. The summed E-state index contributed by atoms with van der Waals surface area (Å²) < 4.78 is 50.8. The number of hydrogen-bond donors (Lipinski definition) is 3. The van der Waals surface area contributed by atoms with Gasteiger partial charge in [-0.2, -0.15) is 13.2 Å². The molecule has 4 nitrogen and oxygen atoms in total. The summed E-state index contributed by atoms with van der Waals surface area (Å²) in [5.41, 5.74) is 3.60. The van der Waals surface area contributed by atoms with Gasteiger partial charge in [-0.1, -0.05) is 0 Å². The van der Waals surface area contributed by atoms with E-state index in [0.717, 1.165) is 0 Å². The number of aliphatic hydroxyl groups is 1. The third-order valence-electron chi connectivity index (χ3n) is 2.66. The first-order chi connectivity index (χ1) is 9.12. The smallest absolute Gasteiger partial charge is 0.392 e. The van der Waals surface area contributed by atoms with Crippen molar-refractivity contribution in [2.24, 2.45) is 5.73 Å². The first-order valence-corrected chi connectivity index (χ1v) is 5.71. The number of aliphatic hydroxyl groups excluding tert-OH is 1. The number of amides is 1. The highest BCUT2D eigenvalue weighted by Crippen LogP contribution is 2.30. The maximum atomic E-state index is 13.4. The van der Waals surface area contributed by atoms with Crippen LogP contribution in [0.25, 0.3) is 0 Å². The Balaban J connectivity index is 2.87. The molecule has 0 saturated carbocycles. The third-order valence-corrected chi connectivity index (χ3v) is 2.66. The van der Waals surface area contributed by atoms with E-state index in [1.54, 1.807) is 0 Å². The Bertz CT molecular complexity index is 489. The van der Waals surface area contributed by atoms with E-state index in [4.69, 9.17) is 10.8 Å². The first-order valence-electron chi connectivity index (χ1n) is 5.71. The van der Waals surface area contributed by atoms with Crippen LogP contribution < -0.4 is 11.1 Å². The summed E-state index contributed by atoms with van der Waals surface area (Å²) in [5, 5.41) is 11.3. The molecule has 2 unspecified atom stereocenters. The van der Waals surface area contributed by atoms with Crippen LogP contribution in [-0.2, 0) is 6.18 Å². The Labute approximate surface area is 112 Å². The van der Waals surface area contributed by atoms with Crippen LogP contribution >= 0.6 is 0 Å². The lowest BCUT2D eigenvalue weighted by atomic mass is 10.1. The largest absolute Gasteiger partial charge is 0.416 e. The summed E-state index contributed by atoms with van der Waals surface area (Å²) in [7, 11) is 0. The molecule has 0 heterocycles. The molecule has 1 aromatic carbocycles. The summed E-state index contributed by atoms with van der Waals surface area (Å²) in [5.74, 6) is -2.09. The minimum Gasteiger partial charge on any atom is -0.392 e. The second-order valence-electron chi connectivity index (χ2n) is 4.31. The van der Waals surface area contributed by atoms with Crippen LogP contribution in [0.4, 0.5) is 17.6 Å². The van der Waals surface area contributed by atoms with E-state index in [1.165, 1.54) is 6.92 Å². The molecular weight excluding hydrogens is 280 g/mol. The highest BCUT2D eigenvalue weighted by Gasteiger charge is 2.32. The van der Waals surface area contributed by atoms with E-state index < -0.39 is 41.2 Å². The topological polar surface area (TPSA) is 75.3 Å². The van der Waals surface area contributed by atoms with Crippen LogP contribution in [0.3, 0.4) is 0 Å². The van der Waals surface area contributed by atoms with Gasteiger partial charge < -0.3 is 16.2 Å². The Hall–Kier alpha value is -1.67. The van der Waals surface area contributed by atoms with Crippen molar-refractivity contribution in [2.45, 2.75) is 25.2 Å². The summed E-state index contributed by atoms with van der Waals surface area (Å²) in [6.07, 6.45) is -5.58. The van der Waals surface area contributed by atoms with Crippen molar-refractivity contribution in [2.75, 3.05) is 6.54 Å². The number of alkyl halides is 3. The van der Waals surface area contributed by atoms with Crippen molar-refractivity contribution in [1.29, 1.82) is 0 Å². The molecule has 0 saturated heterocycles. The van der Waals surface area contributed by atoms with Gasteiger partial charge in [0.05, 0.1) is 17.2 Å². The van der Waals surface area contributed by atoms with Crippen LogP contribution in [0, 0.1) is 5.82 Å². The van der Waals surface area contributed by atoms with Crippen molar-refractivity contribution < 1.29 is 27.5 Å². The van der Waals surface area contributed by atoms with Crippen LogP contribution in [0.1, 0.15) is 22.8 Å². The molecular formula is C12H14F4N2O2. The molecule has 0 aromatic heterocycles. The SMILES string of the molecule is CC(O)C(N)CNC(=O)c1cc(C(F)(F)F)ccc1F. The van der Waals surface area contributed by atoms with Gasteiger partial charge in [-0.25, -0.2) is 4.39 Å². The van der Waals surface area contributed by atoms with Crippen LogP contribution in [0.5, 0.6) is 0 Å². The number of nitrogens with one attached hydrogen (secondary N) is 1. The maximum Gasteiger partial charge on any atom is 0.416 e. The fourth-order valence-electron chi connectivity index (χ4n) is 1.35. The van der Waals surface area contributed by atoms with E-state index >= 15 is 0 Å². The average Bonchev–Trinajstić information content (AvgIpc) is 2.34. The number of nitrogens with two attached hydrogens (primary N) is 1. The Morgan fingerprint density at radius 3 is 2.55 bits per heavy atom. The van der Waals surface area contributed by atoms with Gasteiger partial charge in [0.25, 0.3) is 5.91 Å². The van der Waals surface area contributed by atoms with Crippen molar-refractivity contribution in [3.8, 4) is 0 Å². The molecule has 0 aliphatic heterocycles. The molecule has 0 spiro atoms. The molecule has 1 rings (SSSR count). The monoisotopic (exact) mass is 294 g/mol. The van der Waals surface area contributed by atoms with Crippen LogP contribution in [0.2, 0.25) is 0 Å². The predicted molar refractivity (Wildman–Crippen MR) is 63.4 cm³/mol. The normalized spacial score (nSPS) is 14.8. The molecule has 0 fully saturated rings. The molecule has 0 aliphatic carbocycles. The van der Waals surface area contributed by atoms with Gasteiger partial charge in [0, 0.05) is 12.6 Å². The lowest BCUT2D eigenvalue weighted by Crippen LogP contribution is -2.43. The van der Waals surface area contributed by atoms with Gasteiger partial charge in [-0.3, -0.25) is 4.79 Å². The Kier molecular flexibility index (Phi) is 5.07. The number of rotatable bonds is 4. The lowest BCUT2D eigenvalue weighted by molar-refractivity contribution is -0.137. The quantitative estimate of drug-likeness (QED) is 0.732. The van der Waals surface area contributed by atoms with Crippen molar-refractivity contribution >= 4 is 5.91 Å². The molecule has 0 bridgehead atoms. The van der Waals surface area contributed by atoms with E-state index in [0.29, 0.717) is 18.2 Å². The molecule has 20 heavy (non-hydrogen) atoms. The Morgan fingerprint density at radius 1 is 1.45 bits per heavy atom. The molecule has 112 valence electrons. The first kappa shape index (κ1) is 16.4. The highest BCUT2D eigenvalue weighted by atomic mass is 19.4.